The largest absolute Gasteiger partial charge is 0.377 e. The number of carbonyl (C=O) groups excluding carboxylic acids is 2. The van der Waals surface area contributed by atoms with Gasteiger partial charge in [0.05, 0.1) is 19.3 Å². The summed E-state index contributed by atoms with van der Waals surface area (Å²) in [7, 11) is 0. The molecule has 140 valence electrons. The quantitative estimate of drug-likeness (QED) is 0.844. The smallest absolute Gasteiger partial charge is 0.254 e. The second-order valence-corrected chi connectivity index (χ2v) is 6.69. The molecule has 27 heavy (non-hydrogen) atoms. The Kier molecular flexibility index (Phi) is 6.04. The van der Waals surface area contributed by atoms with Crippen molar-refractivity contribution in [3.05, 3.63) is 71.8 Å². The van der Waals surface area contributed by atoms with Crippen molar-refractivity contribution >= 4 is 23.1 Å². The number of nitrogens with one attached hydrogen (secondary N) is 1. The molecule has 0 bridgehead atoms. The molecule has 2 amide bonds. The molecule has 1 N–H and O–H groups in total. The summed E-state index contributed by atoms with van der Waals surface area (Å²) in [5.41, 5.74) is 3.04. The summed E-state index contributed by atoms with van der Waals surface area (Å²) in [6, 6.07) is 16.8. The molecule has 1 atom stereocenters. The van der Waals surface area contributed by atoms with Crippen molar-refractivity contribution in [2.45, 2.75) is 19.9 Å². The van der Waals surface area contributed by atoms with Gasteiger partial charge < -0.3 is 15.0 Å². The van der Waals surface area contributed by atoms with Crippen LogP contribution in [0.3, 0.4) is 0 Å². The van der Waals surface area contributed by atoms with E-state index in [1.165, 1.54) is 0 Å². The second-order valence-electron chi connectivity index (χ2n) is 6.69. The van der Waals surface area contributed by atoms with E-state index in [4.69, 9.17) is 4.74 Å². The number of amides is 2. The molecule has 2 aromatic carbocycles. The Morgan fingerprint density at radius 1 is 1.11 bits per heavy atom. The molecule has 1 heterocycles. The number of morpholine rings is 1. The highest BCUT2D eigenvalue weighted by Gasteiger charge is 2.24. The number of ether oxygens (including phenoxy) is 1. The van der Waals surface area contributed by atoms with E-state index in [9.17, 15) is 9.59 Å². The number of carbonyl (C=O) groups is 2. The molecule has 0 saturated carbocycles. The van der Waals surface area contributed by atoms with Crippen LogP contribution in [0.25, 0.3) is 5.57 Å². The van der Waals surface area contributed by atoms with Crippen LogP contribution in [0.15, 0.2) is 60.7 Å². The van der Waals surface area contributed by atoms with E-state index in [-0.39, 0.29) is 17.9 Å². The molecule has 0 aliphatic carbocycles. The van der Waals surface area contributed by atoms with Crippen LogP contribution >= 0.6 is 0 Å². The minimum absolute atomic E-state index is 0.0425. The molecule has 0 radical (unpaired) electrons. The first kappa shape index (κ1) is 18.9. The lowest BCUT2D eigenvalue weighted by Crippen LogP contribution is -2.47. The summed E-state index contributed by atoms with van der Waals surface area (Å²) in [6.45, 7) is 5.55. The van der Waals surface area contributed by atoms with E-state index < -0.39 is 0 Å². The van der Waals surface area contributed by atoms with Crippen molar-refractivity contribution in [3.63, 3.8) is 0 Å². The molecule has 2 aromatic rings. The highest BCUT2D eigenvalue weighted by molar-refractivity contribution is 6.04. The number of rotatable bonds is 4. The molecule has 1 unspecified atom stereocenters. The van der Waals surface area contributed by atoms with E-state index in [1.54, 1.807) is 30.3 Å². The van der Waals surface area contributed by atoms with Gasteiger partial charge in [-0.2, -0.15) is 0 Å². The Labute approximate surface area is 159 Å². The zero-order chi connectivity index (χ0) is 19.2. The van der Waals surface area contributed by atoms with Crippen LogP contribution in [0.1, 0.15) is 29.8 Å². The predicted molar refractivity (Wildman–Crippen MR) is 106 cm³/mol. The van der Waals surface area contributed by atoms with Crippen molar-refractivity contribution in [3.8, 4) is 0 Å². The third-order valence-electron chi connectivity index (χ3n) is 4.58. The Morgan fingerprint density at radius 3 is 2.59 bits per heavy atom. The fraction of sp³-hybridized carbons (Fsp3) is 0.273. The maximum Gasteiger partial charge on any atom is 0.254 e. The lowest BCUT2D eigenvalue weighted by atomic mass is 10.1. The van der Waals surface area contributed by atoms with Crippen LogP contribution in [0.5, 0.6) is 0 Å². The summed E-state index contributed by atoms with van der Waals surface area (Å²) in [6.07, 6.45) is 1.56. The van der Waals surface area contributed by atoms with Crippen LogP contribution in [0.2, 0.25) is 0 Å². The molecule has 5 nitrogen and oxygen atoms in total. The molecule has 1 saturated heterocycles. The van der Waals surface area contributed by atoms with Gasteiger partial charge in [0.2, 0.25) is 5.91 Å². The van der Waals surface area contributed by atoms with Gasteiger partial charge in [0.15, 0.2) is 0 Å². The highest BCUT2D eigenvalue weighted by Crippen LogP contribution is 2.17. The average molecular weight is 364 g/mol. The van der Waals surface area contributed by atoms with Crippen molar-refractivity contribution in [1.82, 2.24) is 4.90 Å². The minimum Gasteiger partial charge on any atom is -0.377 e. The fourth-order valence-electron chi connectivity index (χ4n) is 3.08. The summed E-state index contributed by atoms with van der Waals surface area (Å²) in [5, 5.41) is 2.84. The second kappa shape index (κ2) is 8.64. The third kappa shape index (κ3) is 4.83. The number of nitrogens with zero attached hydrogens (tertiary/aromatic N) is 1. The summed E-state index contributed by atoms with van der Waals surface area (Å²) in [5.74, 6) is -0.265. The van der Waals surface area contributed by atoms with Gasteiger partial charge in [-0.3, -0.25) is 9.59 Å². The number of allylic oxidation sites excluding steroid dienone is 1. The molecule has 3 rings (SSSR count). The van der Waals surface area contributed by atoms with Gasteiger partial charge in [0.25, 0.3) is 5.91 Å². The van der Waals surface area contributed by atoms with Crippen LogP contribution in [-0.2, 0) is 9.53 Å². The predicted octanol–water partition coefficient (Wildman–Crippen LogP) is 3.59. The first-order valence-electron chi connectivity index (χ1n) is 9.08. The number of anilines is 1. The van der Waals surface area contributed by atoms with Crippen LogP contribution < -0.4 is 5.32 Å². The zero-order valence-corrected chi connectivity index (χ0v) is 15.6. The number of benzene rings is 2. The van der Waals surface area contributed by atoms with E-state index in [2.05, 4.69) is 5.32 Å². The Balaban J connectivity index is 1.70. The standard InChI is InChI=1S/C22H24N2O3/c1-16(18-7-4-3-5-8-18)13-21(25)23-20-10-6-9-19(14-20)22(26)24-11-12-27-15-17(24)2/h3-10,13-14,17H,11-12,15H2,1-2H3,(H,23,25)/b16-13+. The van der Waals surface area contributed by atoms with Crippen LogP contribution in [-0.4, -0.2) is 42.5 Å². The first-order valence-corrected chi connectivity index (χ1v) is 9.08. The SMILES string of the molecule is C/C(=C\C(=O)Nc1cccc(C(=O)N2CCOCC2C)c1)c1ccccc1. The van der Waals surface area contributed by atoms with Gasteiger partial charge in [-0.25, -0.2) is 0 Å². The van der Waals surface area contributed by atoms with Gasteiger partial charge in [-0.05, 0) is 43.2 Å². The van der Waals surface area contributed by atoms with Gasteiger partial charge in [0, 0.05) is 23.9 Å². The van der Waals surface area contributed by atoms with Gasteiger partial charge in [0.1, 0.15) is 0 Å². The Bertz CT molecular complexity index is 846. The highest BCUT2D eigenvalue weighted by atomic mass is 16.5. The lowest BCUT2D eigenvalue weighted by molar-refractivity contribution is -0.111. The maximum atomic E-state index is 12.8. The molecule has 1 fully saturated rings. The molecule has 1 aliphatic heterocycles. The van der Waals surface area contributed by atoms with E-state index in [0.717, 1.165) is 11.1 Å². The summed E-state index contributed by atoms with van der Waals surface area (Å²) >= 11 is 0. The normalized spacial score (nSPS) is 17.5. The van der Waals surface area contributed by atoms with Gasteiger partial charge in [-0.15, -0.1) is 0 Å². The topological polar surface area (TPSA) is 58.6 Å². The van der Waals surface area contributed by atoms with Crippen molar-refractivity contribution in [2.24, 2.45) is 0 Å². The van der Waals surface area contributed by atoms with Gasteiger partial charge >= 0.3 is 0 Å². The fourth-order valence-corrected chi connectivity index (χ4v) is 3.08. The third-order valence-corrected chi connectivity index (χ3v) is 4.58. The van der Waals surface area contributed by atoms with Crippen molar-refractivity contribution in [2.75, 3.05) is 25.1 Å². The monoisotopic (exact) mass is 364 g/mol. The number of hydrogen-bond donors (Lipinski definition) is 1. The molecular formula is C22H24N2O3. The molecular weight excluding hydrogens is 340 g/mol. The summed E-state index contributed by atoms with van der Waals surface area (Å²) in [4.78, 5) is 26.9. The lowest BCUT2D eigenvalue weighted by Gasteiger charge is -2.33. The Hall–Kier alpha value is -2.92. The summed E-state index contributed by atoms with van der Waals surface area (Å²) < 4.78 is 5.39. The minimum atomic E-state index is -0.222. The van der Waals surface area contributed by atoms with E-state index >= 15 is 0 Å². The average Bonchev–Trinajstić information content (AvgIpc) is 2.68. The maximum absolute atomic E-state index is 12.8. The molecule has 1 aliphatic rings. The van der Waals surface area contributed by atoms with Crippen LogP contribution in [0.4, 0.5) is 5.69 Å². The van der Waals surface area contributed by atoms with Gasteiger partial charge in [-0.1, -0.05) is 36.4 Å². The van der Waals surface area contributed by atoms with E-state index in [1.807, 2.05) is 49.1 Å². The number of hydrogen-bond acceptors (Lipinski definition) is 3. The molecule has 5 heteroatoms. The first-order chi connectivity index (χ1) is 13.0. The zero-order valence-electron chi connectivity index (χ0n) is 15.6. The molecule has 0 aromatic heterocycles. The Morgan fingerprint density at radius 2 is 1.85 bits per heavy atom. The van der Waals surface area contributed by atoms with E-state index in [0.29, 0.717) is 31.0 Å². The molecule has 0 spiro atoms. The van der Waals surface area contributed by atoms with Crippen molar-refractivity contribution in [1.29, 1.82) is 0 Å². The van der Waals surface area contributed by atoms with Crippen LogP contribution in [0, 0.1) is 0 Å². The van der Waals surface area contributed by atoms with Crippen molar-refractivity contribution < 1.29 is 14.3 Å².